The molecule has 2 N–H and O–H groups in total. The molecule has 8 heteroatoms. The van der Waals surface area contributed by atoms with E-state index in [4.69, 9.17) is 4.42 Å². The molecule has 1 aromatic carbocycles. The summed E-state index contributed by atoms with van der Waals surface area (Å²) in [5.41, 5.74) is -1.50. The number of rotatable bonds is 7. The Morgan fingerprint density at radius 2 is 1.93 bits per heavy atom. The van der Waals surface area contributed by atoms with Gasteiger partial charge in [0, 0.05) is 19.1 Å². The summed E-state index contributed by atoms with van der Waals surface area (Å²) in [6.07, 6.45) is -1.69. The first-order valence-electron chi connectivity index (χ1n) is 10.1. The van der Waals surface area contributed by atoms with E-state index < -0.39 is 29.9 Å². The highest BCUT2D eigenvalue weighted by molar-refractivity contribution is 5.77. The highest BCUT2D eigenvalue weighted by Crippen LogP contribution is 2.41. The molecule has 30 heavy (non-hydrogen) atoms. The topological polar surface area (TPSA) is 65.7 Å². The van der Waals surface area contributed by atoms with E-state index in [0.29, 0.717) is 6.04 Å². The molecule has 0 unspecified atom stereocenters. The molecule has 1 aromatic heterocycles. The quantitative estimate of drug-likeness (QED) is 0.702. The Labute approximate surface area is 173 Å². The Morgan fingerprint density at radius 1 is 1.20 bits per heavy atom. The number of amides is 1. The van der Waals surface area contributed by atoms with Crippen LogP contribution in [0.5, 0.6) is 0 Å². The van der Waals surface area contributed by atoms with E-state index in [1.54, 1.807) is 0 Å². The van der Waals surface area contributed by atoms with Gasteiger partial charge < -0.3 is 14.8 Å². The van der Waals surface area contributed by atoms with Crippen molar-refractivity contribution in [2.24, 2.45) is 0 Å². The summed E-state index contributed by atoms with van der Waals surface area (Å²) in [5.74, 6) is -1.61. The van der Waals surface area contributed by atoms with Gasteiger partial charge in [-0.2, -0.15) is 13.2 Å². The molecule has 5 nitrogen and oxygen atoms in total. The molecule has 1 amide bonds. The van der Waals surface area contributed by atoms with Crippen molar-refractivity contribution in [3.8, 4) is 0 Å². The van der Waals surface area contributed by atoms with Crippen LogP contribution < -0.4 is 5.32 Å². The van der Waals surface area contributed by atoms with Gasteiger partial charge in [-0.15, -0.1) is 0 Å². The molecule has 1 aliphatic rings. The van der Waals surface area contributed by atoms with Crippen LogP contribution in [0.15, 0.2) is 47.1 Å². The van der Waals surface area contributed by atoms with Gasteiger partial charge >= 0.3 is 6.18 Å². The van der Waals surface area contributed by atoms with Crippen molar-refractivity contribution in [3.63, 3.8) is 0 Å². The van der Waals surface area contributed by atoms with Crippen molar-refractivity contribution >= 4 is 5.91 Å². The smallest absolute Gasteiger partial charge is 0.425 e. The van der Waals surface area contributed by atoms with E-state index in [2.05, 4.69) is 17.1 Å². The lowest BCUT2D eigenvalue weighted by molar-refractivity contribution is -0.273. The lowest BCUT2D eigenvalue weighted by Crippen LogP contribution is -2.46. The maximum absolute atomic E-state index is 13.5. The van der Waals surface area contributed by atoms with Crippen LogP contribution in [0.2, 0.25) is 0 Å². The minimum Gasteiger partial charge on any atom is -0.466 e. The van der Waals surface area contributed by atoms with E-state index in [0.717, 1.165) is 49.4 Å². The summed E-state index contributed by atoms with van der Waals surface area (Å²) in [6, 6.07) is 10.3. The first-order chi connectivity index (χ1) is 14.2. The van der Waals surface area contributed by atoms with Crippen LogP contribution in [0.3, 0.4) is 0 Å². The first-order valence-corrected chi connectivity index (χ1v) is 10.1. The van der Waals surface area contributed by atoms with Gasteiger partial charge in [-0.05, 0) is 49.6 Å². The van der Waals surface area contributed by atoms with Gasteiger partial charge in [0.15, 0.2) is 0 Å². The Morgan fingerprint density at radius 3 is 2.57 bits per heavy atom. The number of hydrogen-bond donors (Lipinski definition) is 2. The number of carbonyl (C=O) groups excluding carboxylic acids is 1. The van der Waals surface area contributed by atoms with Gasteiger partial charge in [0.25, 0.3) is 0 Å². The van der Waals surface area contributed by atoms with E-state index >= 15 is 0 Å². The number of halogens is 3. The summed E-state index contributed by atoms with van der Waals surface area (Å²) in [5, 5.41) is 12.7. The number of furan rings is 1. The van der Waals surface area contributed by atoms with Crippen LogP contribution in [-0.4, -0.2) is 34.7 Å². The van der Waals surface area contributed by atoms with Crippen molar-refractivity contribution < 1.29 is 27.5 Å². The molecule has 1 aliphatic heterocycles. The summed E-state index contributed by atoms with van der Waals surface area (Å²) < 4.78 is 45.1. The minimum absolute atomic E-state index is 0.0866. The molecule has 1 fully saturated rings. The second-order valence-corrected chi connectivity index (χ2v) is 7.87. The lowest BCUT2D eigenvalue weighted by atomic mass is 9.95. The molecule has 164 valence electrons. The molecule has 0 saturated carbocycles. The molecule has 0 radical (unpaired) electrons. The Bertz CT molecular complexity index is 838. The highest BCUT2D eigenvalue weighted by atomic mass is 19.4. The van der Waals surface area contributed by atoms with Crippen molar-refractivity contribution in [3.05, 3.63) is 59.5 Å². The predicted molar refractivity (Wildman–Crippen MR) is 105 cm³/mol. The first kappa shape index (κ1) is 22.4. The number of aliphatic hydroxyl groups is 1. The zero-order chi connectivity index (χ0) is 21.8. The summed E-state index contributed by atoms with van der Waals surface area (Å²) >= 11 is 0. The average Bonchev–Trinajstić information content (AvgIpc) is 3.23. The zero-order valence-corrected chi connectivity index (χ0v) is 16.9. The summed E-state index contributed by atoms with van der Waals surface area (Å²) in [4.78, 5) is 14.7. The molecule has 1 saturated heterocycles. The Hall–Kier alpha value is -2.32. The van der Waals surface area contributed by atoms with Crippen molar-refractivity contribution in [2.75, 3.05) is 6.54 Å². The second kappa shape index (κ2) is 9.22. The third kappa shape index (κ3) is 5.05. The molecular weight excluding hydrogens is 397 g/mol. The van der Waals surface area contributed by atoms with Gasteiger partial charge in [0.1, 0.15) is 5.76 Å². The Kier molecular flexibility index (Phi) is 6.88. The highest BCUT2D eigenvalue weighted by Gasteiger charge is 2.58. The third-order valence-corrected chi connectivity index (χ3v) is 5.72. The molecular formula is C22H27F3N2O3. The Balaban J connectivity index is 1.66. The third-order valence-electron chi connectivity index (χ3n) is 5.72. The number of benzene rings is 1. The summed E-state index contributed by atoms with van der Waals surface area (Å²) in [7, 11) is 0. The number of nitrogens with one attached hydrogen (secondary N) is 1. The normalized spacial score (nSPS) is 20.0. The van der Waals surface area contributed by atoms with Crippen molar-refractivity contribution in [1.82, 2.24) is 10.2 Å². The molecule has 2 atom stereocenters. The largest absolute Gasteiger partial charge is 0.466 e. The second-order valence-electron chi connectivity index (χ2n) is 7.87. The fourth-order valence-corrected chi connectivity index (χ4v) is 3.83. The molecule has 0 bridgehead atoms. The number of nitrogens with zero attached hydrogens (tertiary/aromatic N) is 1. The number of piperidine rings is 1. The lowest BCUT2D eigenvalue weighted by Gasteiger charge is -2.33. The molecule has 0 aliphatic carbocycles. The predicted octanol–water partition coefficient (Wildman–Crippen LogP) is 4.11. The zero-order valence-electron chi connectivity index (χ0n) is 16.9. The van der Waals surface area contributed by atoms with E-state index in [-0.39, 0.29) is 6.54 Å². The standard InChI is InChI=1S/C22H27F3N2O3/c1-16-7-4-5-11-27(16)15-18-9-3-2-8-17(18)14-26-20(28)13-21(29,22(23,24)25)19-10-6-12-30-19/h2-3,6,8-10,12,16,29H,4-5,7,11,13-15H2,1H3,(H,26,28)/t16-,21+/m0/s1. The van der Waals surface area contributed by atoms with E-state index in [1.165, 1.54) is 12.5 Å². The van der Waals surface area contributed by atoms with Crippen LogP contribution >= 0.6 is 0 Å². The number of carbonyl (C=O) groups is 1. The van der Waals surface area contributed by atoms with E-state index in [1.807, 2.05) is 24.3 Å². The van der Waals surface area contributed by atoms with Gasteiger partial charge in [-0.1, -0.05) is 30.7 Å². The van der Waals surface area contributed by atoms with Gasteiger partial charge in [-0.25, -0.2) is 0 Å². The monoisotopic (exact) mass is 424 g/mol. The van der Waals surface area contributed by atoms with Gasteiger partial charge in [0.2, 0.25) is 11.5 Å². The van der Waals surface area contributed by atoms with Crippen LogP contribution in [0.1, 0.15) is 49.5 Å². The maximum Gasteiger partial charge on any atom is 0.425 e. The molecule has 2 heterocycles. The van der Waals surface area contributed by atoms with Crippen molar-refractivity contribution in [2.45, 2.75) is 63.5 Å². The maximum atomic E-state index is 13.5. The van der Waals surface area contributed by atoms with Crippen LogP contribution in [0.25, 0.3) is 0 Å². The van der Waals surface area contributed by atoms with Crippen molar-refractivity contribution in [1.29, 1.82) is 0 Å². The van der Waals surface area contributed by atoms with Crippen LogP contribution in [0.4, 0.5) is 13.2 Å². The molecule has 2 aromatic rings. The fourth-order valence-electron chi connectivity index (χ4n) is 3.83. The average molecular weight is 424 g/mol. The van der Waals surface area contributed by atoms with Crippen LogP contribution in [0, 0.1) is 0 Å². The van der Waals surface area contributed by atoms with Gasteiger partial charge in [0.05, 0.1) is 12.7 Å². The summed E-state index contributed by atoms with van der Waals surface area (Å²) in [6.45, 7) is 4.01. The number of likely N-dealkylation sites (tertiary alicyclic amines) is 1. The molecule has 3 rings (SSSR count). The number of alkyl halides is 3. The van der Waals surface area contributed by atoms with Crippen LogP contribution in [-0.2, 0) is 23.5 Å². The number of hydrogen-bond acceptors (Lipinski definition) is 4. The SMILES string of the molecule is C[C@H]1CCCCN1Cc1ccccc1CNC(=O)C[C@@](O)(c1ccco1)C(F)(F)F. The van der Waals surface area contributed by atoms with Gasteiger partial charge in [-0.3, -0.25) is 9.69 Å². The molecule has 0 spiro atoms. The fraction of sp³-hybridized carbons (Fsp3) is 0.500. The minimum atomic E-state index is -5.05. The van der Waals surface area contributed by atoms with E-state index in [9.17, 15) is 23.1 Å².